The lowest BCUT2D eigenvalue weighted by Gasteiger charge is -2.49. The first kappa shape index (κ1) is 22.1. The van der Waals surface area contributed by atoms with Crippen molar-refractivity contribution in [1.29, 1.82) is 0 Å². The number of methoxy groups -OCH3 is 2. The second-order valence-corrected chi connectivity index (χ2v) is 9.28. The van der Waals surface area contributed by atoms with Crippen molar-refractivity contribution < 1.29 is 18.7 Å². The molecule has 0 radical (unpaired) electrons. The molecule has 2 aromatic carbocycles. The molecule has 2 heterocycles. The third-order valence-electron chi connectivity index (χ3n) is 6.43. The highest BCUT2D eigenvalue weighted by atomic mass is 79.9. The van der Waals surface area contributed by atoms with Crippen molar-refractivity contribution in [3.63, 3.8) is 0 Å². The number of halogens is 2. The van der Waals surface area contributed by atoms with Gasteiger partial charge in [-0.2, -0.15) is 0 Å². The fourth-order valence-corrected chi connectivity index (χ4v) is 5.45. The summed E-state index contributed by atoms with van der Waals surface area (Å²) in [4.78, 5) is 15.7. The molecule has 4 rings (SSSR count). The summed E-state index contributed by atoms with van der Waals surface area (Å²) in [5, 5.41) is 3.24. The van der Waals surface area contributed by atoms with Crippen molar-refractivity contribution in [2.45, 2.75) is 56.8 Å². The van der Waals surface area contributed by atoms with Crippen LogP contribution in [0.3, 0.4) is 0 Å². The van der Waals surface area contributed by atoms with E-state index in [-0.39, 0.29) is 17.8 Å². The molecule has 2 bridgehead atoms. The van der Waals surface area contributed by atoms with Crippen LogP contribution in [-0.2, 0) is 6.54 Å². The normalized spacial score (nSPS) is 23.3. The van der Waals surface area contributed by atoms with Gasteiger partial charge in [-0.1, -0.05) is 34.5 Å². The van der Waals surface area contributed by atoms with Crippen molar-refractivity contribution in [3.8, 4) is 11.5 Å². The summed E-state index contributed by atoms with van der Waals surface area (Å²) in [6.45, 7) is 0.826. The minimum Gasteiger partial charge on any atom is -0.493 e. The first-order valence-corrected chi connectivity index (χ1v) is 11.5. The molecule has 2 fully saturated rings. The number of rotatable bonds is 6. The summed E-state index contributed by atoms with van der Waals surface area (Å²) in [5.74, 6) is 0.613. The van der Waals surface area contributed by atoms with Gasteiger partial charge in [0.2, 0.25) is 0 Å². The molecular formula is C24H28BrFN2O3. The molecule has 5 nitrogen and oxygen atoms in total. The van der Waals surface area contributed by atoms with E-state index in [9.17, 15) is 9.18 Å². The van der Waals surface area contributed by atoms with E-state index in [1.807, 2.05) is 12.1 Å². The van der Waals surface area contributed by atoms with Gasteiger partial charge in [-0.25, -0.2) is 4.39 Å². The second kappa shape index (κ2) is 9.57. The molecule has 0 aromatic heterocycles. The Labute approximate surface area is 191 Å². The van der Waals surface area contributed by atoms with E-state index in [2.05, 4.69) is 26.1 Å². The average molecular weight is 491 g/mol. The van der Waals surface area contributed by atoms with E-state index in [1.54, 1.807) is 26.4 Å². The van der Waals surface area contributed by atoms with Crippen molar-refractivity contribution >= 4 is 21.8 Å². The summed E-state index contributed by atoms with van der Waals surface area (Å²) in [6.07, 6.45) is 5.29. The molecule has 2 aliphatic rings. The summed E-state index contributed by atoms with van der Waals surface area (Å²) < 4.78 is 24.9. The standard InChI is InChI=1S/C24H28BrFN2O3/c1-30-22-11-16(25)10-21(23(22)31-2)24(29)27-18-12-19-4-3-5-20(13-18)28(19)14-15-6-8-17(26)9-7-15/h6-11,18-20H,3-5,12-14H2,1-2H3,(H,27,29)/t18?,19-,20+. The molecule has 2 saturated heterocycles. The van der Waals surface area contributed by atoms with Gasteiger partial charge < -0.3 is 14.8 Å². The zero-order valence-electron chi connectivity index (χ0n) is 17.9. The summed E-state index contributed by atoms with van der Waals surface area (Å²) in [5.41, 5.74) is 1.60. The number of benzene rings is 2. The number of carbonyl (C=O) groups is 1. The maximum absolute atomic E-state index is 13.3. The third-order valence-corrected chi connectivity index (χ3v) is 6.89. The predicted molar refractivity (Wildman–Crippen MR) is 121 cm³/mol. The minimum absolute atomic E-state index is 0.113. The number of hydrogen-bond donors (Lipinski definition) is 1. The van der Waals surface area contributed by atoms with Crippen LogP contribution < -0.4 is 14.8 Å². The van der Waals surface area contributed by atoms with Crippen molar-refractivity contribution in [1.82, 2.24) is 10.2 Å². The fourth-order valence-electron chi connectivity index (χ4n) is 5.02. The van der Waals surface area contributed by atoms with Crippen LogP contribution in [0.2, 0.25) is 0 Å². The Bertz CT molecular complexity index is 923. The Morgan fingerprint density at radius 3 is 2.42 bits per heavy atom. The van der Waals surface area contributed by atoms with Gasteiger partial charge in [-0.05, 0) is 55.5 Å². The van der Waals surface area contributed by atoms with E-state index >= 15 is 0 Å². The lowest BCUT2D eigenvalue weighted by atomic mass is 9.81. The zero-order valence-corrected chi connectivity index (χ0v) is 19.5. The zero-order chi connectivity index (χ0) is 22.0. The van der Waals surface area contributed by atoms with Gasteiger partial charge in [0, 0.05) is 29.1 Å². The van der Waals surface area contributed by atoms with Crippen molar-refractivity contribution in [2.24, 2.45) is 0 Å². The van der Waals surface area contributed by atoms with Crippen molar-refractivity contribution in [2.75, 3.05) is 14.2 Å². The number of ether oxygens (including phenoxy) is 2. The maximum atomic E-state index is 13.3. The van der Waals surface area contributed by atoms with Crippen LogP contribution in [-0.4, -0.2) is 43.2 Å². The quantitative estimate of drug-likeness (QED) is 0.624. The molecule has 7 heteroatoms. The molecule has 0 aliphatic carbocycles. The van der Waals surface area contributed by atoms with Crippen LogP contribution in [0, 0.1) is 5.82 Å². The highest BCUT2D eigenvalue weighted by Crippen LogP contribution is 2.37. The molecule has 2 aromatic rings. The van der Waals surface area contributed by atoms with Crippen LogP contribution in [0.25, 0.3) is 0 Å². The molecule has 31 heavy (non-hydrogen) atoms. The molecule has 166 valence electrons. The Kier molecular flexibility index (Phi) is 6.82. The summed E-state index contributed by atoms with van der Waals surface area (Å²) in [7, 11) is 3.10. The molecule has 0 spiro atoms. The highest BCUT2D eigenvalue weighted by Gasteiger charge is 2.38. The summed E-state index contributed by atoms with van der Waals surface area (Å²) >= 11 is 3.45. The number of nitrogens with one attached hydrogen (secondary N) is 1. The molecule has 1 unspecified atom stereocenters. The average Bonchev–Trinajstić information content (AvgIpc) is 2.75. The SMILES string of the molecule is COc1cc(Br)cc(C(=O)NC2C[C@H]3CCC[C@@H](C2)N3Cc2ccc(F)cc2)c1OC. The fraction of sp³-hybridized carbons (Fsp3) is 0.458. The smallest absolute Gasteiger partial charge is 0.255 e. The van der Waals surface area contributed by atoms with Gasteiger partial charge in [-0.15, -0.1) is 0 Å². The van der Waals surface area contributed by atoms with Crippen LogP contribution in [0.15, 0.2) is 40.9 Å². The number of carbonyl (C=O) groups excluding carboxylic acids is 1. The number of piperidine rings is 2. The monoisotopic (exact) mass is 490 g/mol. The maximum Gasteiger partial charge on any atom is 0.255 e. The van der Waals surface area contributed by atoms with Gasteiger partial charge in [0.25, 0.3) is 5.91 Å². The van der Waals surface area contributed by atoms with Gasteiger partial charge in [0.15, 0.2) is 11.5 Å². The summed E-state index contributed by atoms with van der Waals surface area (Å²) in [6, 6.07) is 11.3. The predicted octanol–water partition coefficient (Wildman–Crippen LogP) is 4.92. The van der Waals surface area contributed by atoms with E-state index in [1.165, 1.54) is 18.6 Å². The molecular weight excluding hydrogens is 463 g/mol. The number of hydrogen-bond acceptors (Lipinski definition) is 4. The first-order valence-electron chi connectivity index (χ1n) is 10.7. The number of nitrogens with zero attached hydrogens (tertiary/aromatic N) is 1. The van der Waals surface area contributed by atoms with E-state index in [0.29, 0.717) is 29.1 Å². The second-order valence-electron chi connectivity index (χ2n) is 8.37. The Hall–Kier alpha value is -2.12. The van der Waals surface area contributed by atoms with Crippen molar-refractivity contribution in [3.05, 3.63) is 57.8 Å². The number of fused-ring (bicyclic) bond motifs is 2. The van der Waals surface area contributed by atoms with Gasteiger partial charge >= 0.3 is 0 Å². The largest absolute Gasteiger partial charge is 0.493 e. The van der Waals surface area contributed by atoms with E-state index in [4.69, 9.17) is 9.47 Å². The Morgan fingerprint density at radius 2 is 1.81 bits per heavy atom. The molecule has 0 saturated carbocycles. The molecule has 1 amide bonds. The van der Waals surface area contributed by atoms with Gasteiger partial charge in [-0.3, -0.25) is 9.69 Å². The molecule has 2 aliphatic heterocycles. The van der Waals surface area contributed by atoms with Crippen LogP contribution in [0.1, 0.15) is 48.0 Å². The van der Waals surface area contributed by atoms with Crippen LogP contribution >= 0.6 is 15.9 Å². The van der Waals surface area contributed by atoms with Gasteiger partial charge in [0.05, 0.1) is 19.8 Å². The third kappa shape index (κ3) is 4.88. The number of amides is 1. The highest BCUT2D eigenvalue weighted by molar-refractivity contribution is 9.10. The van der Waals surface area contributed by atoms with Crippen LogP contribution in [0.5, 0.6) is 11.5 Å². The first-order chi connectivity index (χ1) is 15.0. The Balaban J connectivity index is 1.46. The Morgan fingerprint density at radius 1 is 1.13 bits per heavy atom. The lowest BCUT2D eigenvalue weighted by molar-refractivity contribution is 0.0176. The topological polar surface area (TPSA) is 50.8 Å². The van der Waals surface area contributed by atoms with E-state index < -0.39 is 0 Å². The molecule has 3 atom stereocenters. The van der Waals surface area contributed by atoms with E-state index in [0.717, 1.165) is 42.3 Å². The van der Waals surface area contributed by atoms with Gasteiger partial charge in [0.1, 0.15) is 5.82 Å². The minimum atomic E-state index is -0.204. The molecule has 1 N–H and O–H groups in total. The van der Waals surface area contributed by atoms with Crippen LogP contribution in [0.4, 0.5) is 4.39 Å². The lowest BCUT2D eigenvalue weighted by Crippen LogP contribution is -2.56.